The first-order valence-corrected chi connectivity index (χ1v) is 6.60. The molecule has 2 heterocycles. The van der Waals surface area contributed by atoms with E-state index in [-0.39, 0.29) is 0 Å². The van der Waals surface area contributed by atoms with Crippen LogP contribution >= 0.6 is 23.8 Å². The number of anilines is 1. The molecule has 0 aromatic carbocycles. The number of pyridine rings is 1. The molecule has 0 saturated carbocycles. The Kier molecular flexibility index (Phi) is 4.93. The molecule has 0 atom stereocenters. The molecule has 7 heteroatoms. The van der Waals surface area contributed by atoms with Gasteiger partial charge in [-0.2, -0.15) is 5.26 Å². The fourth-order valence-corrected chi connectivity index (χ4v) is 1.85. The van der Waals surface area contributed by atoms with Gasteiger partial charge in [0.25, 0.3) is 0 Å². The van der Waals surface area contributed by atoms with Crippen molar-refractivity contribution in [3.05, 3.63) is 47.0 Å². The molecule has 0 unspecified atom stereocenters. The first kappa shape index (κ1) is 14.3. The van der Waals surface area contributed by atoms with Crippen molar-refractivity contribution in [1.29, 1.82) is 5.26 Å². The number of halogens is 1. The lowest BCUT2D eigenvalue weighted by Crippen LogP contribution is -2.30. The van der Waals surface area contributed by atoms with Crippen molar-refractivity contribution in [2.45, 2.75) is 6.42 Å². The fourth-order valence-electron chi connectivity index (χ4n) is 1.53. The molecule has 0 bridgehead atoms. The molecule has 0 spiro atoms. The number of rotatable bonds is 4. The molecule has 0 saturated heterocycles. The number of aromatic nitrogens is 1. The summed E-state index contributed by atoms with van der Waals surface area (Å²) >= 11 is 10.9. The molecule has 102 valence electrons. The Labute approximate surface area is 126 Å². The highest BCUT2D eigenvalue weighted by Gasteiger charge is 2.05. The van der Waals surface area contributed by atoms with E-state index in [0.29, 0.717) is 40.2 Å². The minimum absolute atomic E-state index is 0.449. The molecule has 0 amide bonds. The number of furan rings is 1. The predicted octanol–water partition coefficient (Wildman–Crippen LogP) is 2.73. The molecule has 0 fully saturated rings. The van der Waals surface area contributed by atoms with E-state index in [1.165, 1.54) is 12.5 Å². The summed E-state index contributed by atoms with van der Waals surface area (Å²) in [7, 11) is 0. The maximum absolute atomic E-state index is 8.85. The number of nitrogens with zero attached hydrogens (tertiary/aromatic N) is 2. The smallest absolute Gasteiger partial charge is 0.171 e. The van der Waals surface area contributed by atoms with Gasteiger partial charge in [-0.15, -0.1) is 0 Å². The number of thiocarbonyl (C=S) groups is 1. The zero-order valence-electron chi connectivity index (χ0n) is 10.4. The predicted molar refractivity (Wildman–Crippen MR) is 80.6 cm³/mol. The van der Waals surface area contributed by atoms with E-state index in [9.17, 15) is 0 Å². The van der Waals surface area contributed by atoms with Gasteiger partial charge in [-0.3, -0.25) is 0 Å². The van der Waals surface area contributed by atoms with E-state index < -0.39 is 0 Å². The number of nitrogens with one attached hydrogen (secondary N) is 2. The van der Waals surface area contributed by atoms with Crippen LogP contribution in [-0.4, -0.2) is 16.6 Å². The second kappa shape index (κ2) is 6.89. The summed E-state index contributed by atoms with van der Waals surface area (Å²) in [6.45, 7) is 0.557. The fraction of sp³-hybridized carbons (Fsp3) is 0.154. The van der Waals surface area contributed by atoms with Gasteiger partial charge in [0.05, 0.1) is 16.8 Å². The van der Waals surface area contributed by atoms with E-state index in [1.807, 2.05) is 0 Å². The molecule has 0 radical (unpaired) electrons. The number of hydrogen-bond acceptors (Lipinski definition) is 4. The second-order valence-electron chi connectivity index (χ2n) is 3.86. The Morgan fingerprint density at radius 2 is 2.30 bits per heavy atom. The first-order chi connectivity index (χ1) is 9.69. The molecule has 2 aromatic rings. The number of hydrogen-bond donors (Lipinski definition) is 2. The van der Waals surface area contributed by atoms with Crippen LogP contribution in [0, 0.1) is 11.3 Å². The van der Waals surface area contributed by atoms with Crippen molar-refractivity contribution in [3.8, 4) is 6.07 Å². The third-order valence-electron chi connectivity index (χ3n) is 2.47. The van der Waals surface area contributed by atoms with Crippen molar-refractivity contribution in [2.75, 3.05) is 11.9 Å². The van der Waals surface area contributed by atoms with Gasteiger partial charge in [-0.05, 0) is 30.4 Å². The third kappa shape index (κ3) is 3.95. The van der Waals surface area contributed by atoms with Crippen LogP contribution in [0.3, 0.4) is 0 Å². The van der Waals surface area contributed by atoms with Crippen molar-refractivity contribution >= 4 is 34.7 Å². The van der Waals surface area contributed by atoms with E-state index in [2.05, 4.69) is 21.7 Å². The van der Waals surface area contributed by atoms with Gasteiger partial charge in [0, 0.05) is 19.2 Å². The highest BCUT2D eigenvalue weighted by atomic mass is 35.5. The maximum Gasteiger partial charge on any atom is 0.171 e. The third-order valence-corrected chi connectivity index (χ3v) is 2.94. The van der Waals surface area contributed by atoms with Crippen LogP contribution in [0.2, 0.25) is 5.02 Å². The largest absolute Gasteiger partial charge is 0.468 e. The average molecular weight is 307 g/mol. The lowest BCUT2D eigenvalue weighted by Gasteiger charge is -2.09. The summed E-state index contributed by atoms with van der Waals surface area (Å²) in [6, 6.07) is 7.17. The summed E-state index contributed by atoms with van der Waals surface area (Å²) < 4.78 is 5.22. The minimum atomic E-state index is 0.449. The number of nitriles is 1. The zero-order chi connectivity index (χ0) is 14.4. The highest BCUT2D eigenvalue weighted by molar-refractivity contribution is 7.80. The minimum Gasteiger partial charge on any atom is -0.468 e. The maximum atomic E-state index is 8.85. The molecule has 0 aliphatic rings. The Hall–Kier alpha value is -2.10. The zero-order valence-corrected chi connectivity index (χ0v) is 12.0. The van der Waals surface area contributed by atoms with Gasteiger partial charge >= 0.3 is 0 Å². The summed E-state index contributed by atoms with van der Waals surface area (Å²) in [4.78, 5) is 4.07. The van der Waals surface area contributed by atoms with Gasteiger partial charge < -0.3 is 15.1 Å². The van der Waals surface area contributed by atoms with Crippen LogP contribution in [0.25, 0.3) is 0 Å². The summed E-state index contributed by atoms with van der Waals surface area (Å²) in [6.07, 6.45) is 3.61. The summed E-state index contributed by atoms with van der Waals surface area (Å²) in [5, 5.41) is 15.8. The molecule has 2 N–H and O–H groups in total. The normalized spacial score (nSPS) is 9.80. The molecule has 0 aliphatic carbocycles. The van der Waals surface area contributed by atoms with Crippen LogP contribution in [0.5, 0.6) is 0 Å². The van der Waals surface area contributed by atoms with Crippen LogP contribution in [0.4, 0.5) is 5.82 Å². The van der Waals surface area contributed by atoms with Crippen molar-refractivity contribution < 1.29 is 4.42 Å². The van der Waals surface area contributed by atoms with E-state index in [0.717, 1.165) is 0 Å². The molecule has 20 heavy (non-hydrogen) atoms. The van der Waals surface area contributed by atoms with Crippen LogP contribution in [0.15, 0.2) is 35.1 Å². The molecular formula is C13H11ClN4OS. The SMILES string of the molecule is N#Cc1ccoc1CCNC(=S)Nc1ccc(Cl)cn1. The highest BCUT2D eigenvalue weighted by Crippen LogP contribution is 2.10. The van der Waals surface area contributed by atoms with Crippen LogP contribution in [0.1, 0.15) is 11.3 Å². The van der Waals surface area contributed by atoms with Crippen LogP contribution in [-0.2, 0) is 6.42 Å². The Bertz CT molecular complexity index is 633. The average Bonchev–Trinajstić information content (AvgIpc) is 2.89. The topological polar surface area (TPSA) is 73.9 Å². The van der Waals surface area contributed by atoms with Crippen molar-refractivity contribution in [1.82, 2.24) is 10.3 Å². The van der Waals surface area contributed by atoms with E-state index in [4.69, 9.17) is 33.5 Å². The summed E-state index contributed by atoms with van der Waals surface area (Å²) in [5.41, 5.74) is 0.546. The molecular weight excluding hydrogens is 296 g/mol. The second-order valence-corrected chi connectivity index (χ2v) is 4.71. The van der Waals surface area contributed by atoms with Gasteiger partial charge in [0.1, 0.15) is 17.6 Å². The molecule has 2 rings (SSSR count). The van der Waals surface area contributed by atoms with E-state index in [1.54, 1.807) is 18.2 Å². The van der Waals surface area contributed by atoms with Crippen LogP contribution < -0.4 is 10.6 Å². The molecule has 0 aliphatic heterocycles. The lowest BCUT2D eigenvalue weighted by molar-refractivity contribution is 0.506. The van der Waals surface area contributed by atoms with Crippen molar-refractivity contribution in [3.63, 3.8) is 0 Å². The van der Waals surface area contributed by atoms with Gasteiger partial charge in [0.15, 0.2) is 5.11 Å². The van der Waals surface area contributed by atoms with Gasteiger partial charge in [-0.1, -0.05) is 11.6 Å². The first-order valence-electron chi connectivity index (χ1n) is 5.82. The Balaban J connectivity index is 1.78. The van der Waals surface area contributed by atoms with Gasteiger partial charge in [-0.25, -0.2) is 4.98 Å². The lowest BCUT2D eigenvalue weighted by atomic mass is 10.2. The standard InChI is InChI=1S/C13H11ClN4OS/c14-10-1-2-12(17-8-10)18-13(20)16-5-3-11-9(7-15)4-6-19-11/h1-2,4,6,8H,3,5H2,(H2,16,17,18,20). The Morgan fingerprint density at radius 1 is 1.45 bits per heavy atom. The monoisotopic (exact) mass is 306 g/mol. The molecule has 5 nitrogen and oxygen atoms in total. The quantitative estimate of drug-likeness (QED) is 0.846. The summed E-state index contributed by atoms with van der Waals surface area (Å²) in [5.74, 6) is 1.26. The van der Waals surface area contributed by atoms with E-state index >= 15 is 0 Å². The molecule has 2 aromatic heterocycles. The van der Waals surface area contributed by atoms with Gasteiger partial charge in [0.2, 0.25) is 0 Å². The Morgan fingerprint density at radius 3 is 3.00 bits per heavy atom. The van der Waals surface area contributed by atoms with Crippen molar-refractivity contribution in [2.24, 2.45) is 0 Å².